The number of nitrogens with one attached hydrogen (secondary N) is 1. The molecule has 0 amide bonds. The van der Waals surface area contributed by atoms with E-state index in [-0.39, 0.29) is 0 Å². The summed E-state index contributed by atoms with van der Waals surface area (Å²) in [5.41, 5.74) is 1.98. The van der Waals surface area contributed by atoms with Crippen molar-refractivity contribution in [2.45, 2.75) is 0 Å². The molecule has 92 valence electrons. The Bertz CT molecular complexity index is 829. The molecule has 4 nitrogen and oxygen atoms in total. The van der Waals surface area contributed by atoms with Crippen LogP contribution in [-0.2, 0) is 0 Å². The Morgan fingerprint density at radius 2 is 2.16 bits per heavy atom. The number of H-pyrrole nitrogens is 1. The smallest absolute Gasteiger partial charge is 0.258 e. The van der Waals surface area contributed by atoms with Gasteiger partial charge in [-0.1, -0.05) is 17.3 Å². The topological polar surface area (TPSA) is 54.7 Å². The van der Waals surface area contributed by atoms with E-state index in [1.807, 2.05) is 48.0 Å². The highest BCUT2D eigenvalue weighted by atomic mass is 32.1. The molecule has 0 saturated carbocycles. The summed E-state index contributed by atoms with van der Waals surface area (Å²) >= 11 is 1.60. The number of aromatic nitrogens is 3. The van der Waals surface area contributed by atoms with Crippen molar-refractivity contribution in [1.29, 1.82) is 0 Å². The molecule has 0 aliphatic heterocycles. The van der Waals surface area contributed by atoms with Crippen LogP contribution < -0.4 is 0 Å². The molecule has 0 aliphatic carbocycles. The lowest BCUT2D eigenvalue weighted by atomic mass is 10.1. The van der Waals surface area contributed by atoms with E-state index in [2.05, 4.69) is 15.1 Å². The highest BCUT2D eigenvalue weighted by Crippen LogP contribution is 2.26. The van der Waals surface area contributed by atoms with Gasteiger partial charge in [0.15, 0.2) is 0 Å². The molecule has 0 fully saturated rings. The van der Waals surface area contributed by atoms with Gasteiger partial charge in [0.05, 0.1) is 4.88 Å². The first-order valence-corrected chi connectivity index (χ1v) is 6.73. The first-order valence-electron chi connectivity index (χ1n) is 5.85. The van der Waals surface area contributed by atoms with Crippen molar-refractivity contribution in [3.8, 4) is 22.2 Å². The lowest BCUT2D eigenvalue weighted by Crippen LogP contribution is -1.78. The van der Waals surface area contributed by atoms with Crippen LogP contribution in [0.5, 0.6) is 0 Å². The van der Waals surface area contributed by atoms with Crippen molar-refractivity contribution in [3.05, 3.63) is 48.0 Å². The fourth-order valence-corrected chi connectivity index (χ4v) is 2.68. The zero-order valence-corrected chi connectivity index (χ0v) is 10.6. The predicted molar refractivity (Wildman–Crippen MR) is 74.9 cm³/mol. The van der Waals surface area contributed by atoms with Gasteiger partial charge in [-0.15, -0.1) is 11.3 Å². The first kappa shape index (κ1) is 10.5. The number of rotatable bonds is 2. The maximum Gasteiger partial charge on any atom is 0.258 e. The molecule has 1 aromatic carbocycles. The second-order valence-corrected chi connectivity index (χ2v) is 5.13. The quantitative estimate of drug-likeness (QED) is 0.598. The lowest BCUT2D eigenvalue weighted by molar-refractivity contribution is 0.432. The van der Waals surface area contributed by atoms with Gasteiger partial charge in [-0.2, -0.15) is 4.98 Å². The molecule has 1 N–H and O–H groups in total. The van der Waals surface area contributed by atoms with Gasteiger partial charge in [0, 0.05) is 17.3 Å². The van der Waals surface area contributed by atoms with Crippen molar-refractivity contribution in [1.82, 2.24) is 15.1 Å². The Morgan fingerprint density at radius 3 is 3.05 bits per heavy atom. The third-order valence-electron chi connectivity index (χ3n) is 2.97. The Hall–Kier alpha value is -2.40. The van der Waals surface area contributed by atoms with Crippen LogP contribution in [0.2, 0.25) is 0 Å². The van der Waals surface area contributed by atoms with Crippen molar-refractivity contribution in [2.24, 2.45) is 0 Å². The van der Waals surface area contributed by atoms with E-state index >= 15 is 0 Å². The fraction of sp³-hybridized carbons (Fsp3) is 0. The van der Waals surface area contributed by atoms with Crippen LogP contribution in [0.15, 0.2) is 52.5 Å². The molecular weight excluding hydrogens is 258 g/mol. The van der Waals surface area contributed by atoms with E-state index in [9.17, 15) is 0 Å². The maximum atomic E-state index is 5.33. The van der Waals surface area contributed by atoms with E-state index in [0.29, 0.717) is 11.7 Å². The number of hydrogen-bond acceptors (Lipinski definition) is 4. The van der Waals surface area contributed by atoms with Crippen molar-refractivity contribution in [2.75, 3.05) is 0 Å². The summed E-state index contributed by atoms with van der Waals surface area (Å²) in [6.45, 7) is 0. The third-order valence-corrected chi connectivity index (χ3v) is 3.84. The second-order valence-electron chi connectivity index (χ2n) is 4.18. The van der Waals surface area contributed by atoms with Gasteiger partial charge in [-0.3, -0.25) is 0 Å². The number of hydrogen-bond donors (Lipinski definition) is 1. The van der Waals surface area contributed by atoms with E-state index < -0.39 is 0 Å². The maximum absolute atomic E-state index is 5.33. The Kier molecular flexibility index (Phi) is 2.25. The molecule has 4 rings (SSSR count). The SMILES string of the molecule is c1csc(-c2noc(-c3ccc4cc[nH]c4c3)n2)c1. The third kappa shape index (κ3) is 1.75. The molecule has 0 aliphatic rings. The molecule has 5 heteroatoms. The molecule has 0 spiro atoms. The average Bonchev–Trinajstić information content (AvgIpc) is 3.18. The van der Waals surface area contributed by atoms with Crippen molar-refractivity contribution in [3.63, 3.8) is 0 Å². The van der Waals surface area contributed by atoms with Gasteiger partial charge in [-0.05, 0) is 35.0 Å². The monoisotopic (exact) mass is 267 g/mol. The van der Waals surface area contributed by atoms with Crippen LogP contribution in [0.3, 0.4) is 0 Å². The van der Waals surface area contributed by atoms with Crippen LogP contribution in [0.25, 0.3) is 33.1 Å². The van der Waals surface area contributed by atoms with Gasteiger partial charge in [0.25, 0.3) is 5.89 Å². The van der Waals surface area contributed by atoms with E-state index in [4.69, 9.17) is 4.52 Å². The Balaban J connectivity index is 1.79. The molecule has 0 radical (unpaired) electrons. The number of aromatic amines is 1. The minimum atomic E-state index is 0.542. The van der Waals surface area contributed by atoms with Gasteiger partial charge in [-0.25, -0.2) is 0 Å². The van der Waals surface area contributed by atoms with Crippen LogP contribution in [-0.4, -0.2) is 15.1 Å². The van der Waals surface area contributed by atoms with Crippen LogP contribution in [0, 0.1) is 0 Å². The normalized spacial score (nSPS) is 11.2. The largest absolute Gasteiger partial charge is 0.361 e. The number of benzene rings is 1. The molecular formula is C14H9N3OS. The zero-order valence-electron chi connectivity index (χ0n) is 9.83. The first-order chi connectivity index (χ1) is 9.40. The van der Waals surface area contributed by atoms with Gasteiger partial charge in [0.2, 0.25) is 5.82 Å². The summed E-state index contributed by atoms with van der Waals surface area (Å²) < 4.78 is 5.33. The average molecular weight is 267 g/mol. The second kappa shape index (κ2) is 4.07. The zero-order chi connectivity index (χ0) is 12.7. The number of fused-ring (bicyclic) bond motifs is 1. The fourth-order valence-electron chi connectivity index (χ4n) is 2.03. The molecule has 4 aromatic rings. The molecule has 3 heterocycles. The number of thiophene rings is 1. The Labute approximate surface area is 112 Å². The van der Waals surface area contributed by atoms with Crippen molar-refractivity contribution < 1.29 is 4.52 Å². The van der Waals surface area contributed by atoms with Crippen LogP contribution in [0.1, 0.15) is 0 Å². The molecule has 0 atom stereocenters. The van der Waals surface area contributed by atoms with E-state index in [0.717, 1.165) is 16.0 Å². The molecule has 3 aromatic heterocycles. The number of nitrogens with zero attached hydrogens (tertiary/aromatic N) is 2. The molecule has 0 bridgehead atoms. The summed E-state index contributed by atoms with van der Waals surface area (Å²) in [6.07, 6.45) is 1.92. The van der Waals surface area contributed by atoms with Gasteiger partial charge >= 0.3 is 0 Å². The highest BCUT2D eigenvalue weighted by Gasteiger charge is 2.11. The minimum absolute atomic E-state index is 0.542. The van der Waals surface area contributed by atoms with Gasteiger partial charge in [0.1, 0.15) is 0 Å². The molecule has 0 unspecified atom stereocenters. The summed E-state index contributed by atoms with van der Waals surface area (Å²) in [7, 11) is 0. The lowest BCUT2D eigenvalue weighted by Gasteiger charge is -1.94. The van der Waals surface area contributed by atoms with Crippen LogP contribution in [0.4, 0.5) is 0 Å². The van der Waals surface area contributed by atoms with E-state index in [1.165, 1.54) is 5.39 Å². The summed E-state index contributed by atoms with van der Waals surface area (Å²) in [5, 5.41) is 7.18. The highest BCUT2D eigenvalue weighted by molar-refractivity contribution is 7.13. The standard InChI is InChI=1S/C14H9N3OS/c1-2-12(19-7-1)13-16-14(18-17-13)10-4-3-9-5-6-15-11(9)8-10/h1-8,15H. The van der Waals surface area contributed by atoms with Crippen LogP contribution >= 0.6 is 11.3 Å². The van der Waals surface area contributed by atoms with Crippen molar-refractivity contribution >= 4 is 22.2 Å². The summed E-state index contributed by atoms with van der Waals surface area (Å²) in [4.78, 5) is 8.62. The summed E-state index contributed by atoms with van der Waals surface area (Å²) in [5.74, 6) is 1.18. The van der Waals surface area contributed by atoms with E-state index in [1.54, 1.807) is 11.3 Å². The Morgan fingerprint density at radius 1 is 1.16 bits per heavy atom. The molecule has 0 saturated heterocycles. The minimum Gasteiger partial charge on any atom is -0.361 e. The predicted octanol–water partition coefficient (Wildman–Crippen LogP) is 3.95. The van der Waals surface area contributed by atoms with Gasteiger partial charge < -0.3 is 9.51 Å². The molecule has 19 heavy (non-hydrogen) atoms. The summed E-state index contributed by atoms with van der Waals surface area (Å²) in [6, 6.07) is 12.0.